The van der Waals surface area contributed by atoms with E-state index in [1.165, 1.54) is 7.11 Å². The Morgan fingerprint density at radius 3 is 2.45 bits per heavy atom. The molecule has 0 aliphatic carbocycles. The van der Waals surface area contributed by atoms with E-state index in [0.29, 0.717) is 36.1 Å². The van der Waals surface area contributed by atoms with Crippen LogP contribution in [0.5, 0.6) is 11.5 Å². The van der Waals surface area contributed by atoms with Gasteiger partial charge in [-0.05, 0) is 18.1 Å². The van der Waals surface area contributed by atoms with Crippen LogP contribution in [0.15, 0.2) is 18.2 Å². The van der Waals surface area contributed by atoms with Crippen LogP contribution in [0.4, 0.5) is 0 Å². The molecule has 0 atom stereocenters. The third-order valence-electron chi connectivity index (χ3n) is 4.04. The molecule has 0 aromatic heterocycles. The van der Waals surface area contributed by atoms with Crippen molar-refractivity contribution in [3.05, 3.63) is 23.8 Å². The lowest BCUT2D eigenvalue weighted by Crippen LogP contribution is -2.71. The number of hydrogen-bond donors (Lipinski definition) is 1. The van der Waals surface area contributed by atoms with Gasteiger partial charge in [0.1, 0.15) is 0 Å². The van der Waals surface area contributed by atoms with Gasteiger partial charge in [0.15, 0.2) is 11.5 Å². The van der Waals surface area contributed by atoms with Gasteiger partial charge in [0.05, 0.1) is 25.3 Å². The van der Waals surface area contributed by atoms with E-state index in [2.05, 4.69) is 13.8 Å². The van der Waals surface area contributed by atoms with Crippen LogP contribution in [0.3, 0.4) is 0 Å². The van der Waals surface area contributed by atoms with Gasteiger partial charge in [0, 0.05) is 13.1 Å². The number of benzene rings is 1. The highest BCUT2D eigenvalue weighted by Gasteiger charge is 2.44. The van der Waals surface area contributed by atoms with Crippen molar-refractivity contribution in [1.82, 2.24) is 4.90 Å². The lowest BCUT2D eigenvalue weighted by Gasteiger charge is -2.50. The predicted octanol–water partition coefficient (Wildman–Crippen LogP) is 1.51. The molecule has 1 aliphatic rings. The number of hydrogen-bond acceptors (Lipinski definition) is 4. The number of methoxy groups -OCH3 is 2. The molecular formula is C15H22N2O3. The Hall–Kier alpha value is -1.75. The Morgan fingerprint density at radius 1 is 1.30 bits per heavy atom. The van der Waals surface area contributed by atoms with Gasteiger partial charge in [-0.3, -0.25) is 4.79 Å². The Kier molecular flexibility index (Phi) is 3.90. The quantitative estimate of drug-likeness (QED) is 0.906. The molecule has 1 saturated heterocycles. The van der Waals surface area contributed by atoms with Gasteiger partial charge in [-0.1, -0.05) is 19.9 Å². The lowest BCUT2D eigenvalue weighted by atomic mass is 9.80. The number of likely N-dealkylation sites (tertiary alicyclic amines) is 1. The van der Waals surface area contributed by atoms with Gasteiger partial charge in [-0.25, -0.2) is 0 Å². The molecule has 5 heteroatoms. The SMILES string of the molecule is COc1cccc(C(=O)N2CC(N)(C(C)C)C2)c1OC. The summed E-state index contributed by atoms with van der Waals surface area (Å²) < 4.78 is 10.5. The summed E-state index contributed by atoms with van der Waals surface area (Å²) in [5.41, 5.74) is 6.46. The summed E-state index contributed by atoms with van der Waals surface area (Å²) in [4.78, 5) is 14.3. The van der Waals surface area contributed by atoms with Crippen molar-refractivity contribution in [3.8, 4) is 11.5 Å². The highest BCUT2D eigenvalue weighted by molar-refractivity contribution is 5.98. The molecule has 0 radical (unpaired) electrons. The molecule has 110 valence electrons. The molecule has 1 aromatic rings. The van der Waals surface area contributed by atoms with Crippen molar-refractivity contribution in [2.45, 2.75) is 19.4 Å². The first kappa shape index (κ1) is 14.7. The van der Waals surface area contributed by atoms with E-state index < -0.39 is 0 Å². The average Bonchev–Trinajstić information content (AvgIpc) is 2.41. The number of carbonyl (C=O) groups is 1. The van der Waals surface area contributed by atoms with Crippen LogP contribution in [0.25, 0.3) is 0 Å². The fourth-order valence-corrected chi connectivity index (χ4v) is 2.40. The number of nitrogens with zero attached hydrogens (tertiary/aromatic N) is 1. The zero-order chi connectivity index (χ0) is 14.9. The zero-order valence-corrected chi connectivity index (χ0v) is 12.5. The van der Waals surface area contributed by atoms with Crippen LogP contribution in [0.2, 0.25) is 0 Å². The summed E-state index contributed by atoms with van der Waals surface area (Å²) in [5, 5.41) is 0. The molecule has 1 fully saturated rings. The van der Waals surface area contributed by atoms with Crippen LogP contribution in [0, 0.1) is 5.92 Å². The van der Waals surface area contributed by atoms with E-state index in [0.717, 1.165) is 0 Å². The Labute approximate surface area is 119 Å². The summed E-state index contributed by atoms with van der Waals surface area (Å²) in [6, 6.07) is 5.30. The second kappa shape index (κ2) is 5.32. The summed E-state index contributed by atoms with van der Waals surface area (Å²) in [6.45, 7) is 5.30. The van der Waals surface area contributed by atoms with Crippen molar-refractivity contribution in [1.29, 1.82) is 0 Å². The Balaban J connectivity index is 2.20. The lowest BCUT2D eigenvalue weighted by molar-refractivity contribution is 0.0272. The predicted molar refractivity (Wildman–Crippen MR) is 77.2 cm³/mol. The largest absolute Gasteiger partial charge is 0.493 e. The van der Waals surface area contributed by atoms with Crippen LogP contribution in [0.1, 0.15) is 24.2 Å². The molecule has 0 bridgehead atoms. The number of amides is 1. The smallest absolute Gasteiger partial charge is 0.257 e. The van der Waals surface area contributed by atoms with Crippen molar-refractivity contribution in [2.24, 2.45) is 11.7 Å². The minimum atomic E-state index is -0.276. The van der Waals surface area contributed by atoms with Gasteiger partial charge >= 0.3 is 0 Å². The zero-order valence-electron chi connectivity index (χ0n) is 12.5. The molecule has 2 rings (SSSR count). The minimum absolute atomic E-state index is 0.0672. The molecule has 20 heavy (non-hydrogen) atoms. The number of para-hydroxylation sites is 1. The van der Waals surface area contributed by atoms with E-state index in [1.807, 2.05) is 0 Å². The summed E-state index contributed by atoms with van der Waals surface area (Å²) >= 11 is 0. The maximum absolute atomic E-state index is 12.5. The monoisotopic (exact) mass is 278 g/mol. The van der Waals surface area contributed by atoms with Crippen molar-refractivity contribution in [3.63, 3.8) is 0 Å². The minimum Gasteiger partial charge on any atom is -0.493 e. The van der Waals surface area contributed by atoms with Gasteiger partial charge in [-0.15, -0.1) is 0 Å². The summed E-state index contributed by atoms with van der Waals surface area (Å²) in [7, 11) is 3.09. The molecule has 5 nitrogen and oxygen atoms in total. The molecular weight excluding hydrogens is 256 g/mol. The molecule has 1 heterocycles. The highest BCUT2D eigenvalue weighted by atomic mass is 16.5. The Bertz CT molecular complexity index is 508. The van der Waals surface area contributed by atoms with Crippen LogP contribution >= 0.6 is 0 Å². The summed E-state index contributed by atoms with van der Waals surface area (Å²) in [5.74, 6) is 1.31. The normalized spacial score (nSPS) is 16.8. The third-order valence-corrected chi connectivity index (χ3v) is 4.04. The number of carbonyl (C=O) groups excluding carboxylic acids is 1. The maximum Gasteiger partial charge on any atom is 0.257 e. The number of ether oxygens (including phenoxy) is 2. The second-order valence-corrected chi connectivity index (χ2v) is 5.59. The highest BCUT2D eigenvalue weighted by Crippen LogP contribution is 2.34. The molecule has 0 spiro atoms. The maximum atomic E-state index is 12.5. The van der Waals surface area contributed by atoms with E-state index >= 15 is 0 Å². The first-order chi connectivity index (χ1) is 9.42. The fraction of sp³-hybridized carbons (Fsp3) is 0.533. The van der Waals surface area contributed by atoms with Crippen LogP contribution in [-0.4, -0.2) is 43.7 Å². The molecule has 1 aliphatic heterocycles. The van der Waals surface area contributed by atoms with Gasteiger partial charge in [0.2, 0.25) is 0 Å². The number of rotatable bonds is 4. The molecule has 1 amide bonds. The van der Waals surface area contributed by atoms with Crippen molar-refractivity contribution in [2.75, 3.05) is 27.3 Å². The van der Waals surface area contributed by atoms with E-state index in [9.17, 15) is 4.79 Å². The fourth-order valence-electron chi connectivity index (χ4n) is 2.40. The standard InChI is InChI=1S/C15H22N2O3/c1-10(2)15(16)8-17(9-15)14(18)11-6-5-7-12(19-3)13(11)20-4/h5-7,10H,8-9,16H2,1-4H3. The van der Waals surface area contributed by atoms with Crippen molar-refractivity contribution < 1.29 is 14.3 Å². The number of nitrogens with two attached hydrogens (primary N) is 1. The molecule has 0 saturated carbocycles. The van der Waals surface area contributed by atoms with E-state index in [1.54, 1.807) is 30.2 Å². The van der Waals surface area contributed by atoms with Gasteiger partial charge in [0.25, 0.3) is 5.91 Å². The van der Waals surface area contributed by atoms with E-state index in [-0.39, 0.29) is 11.4 Å². The van der Waals surface area contributed by atoms with Crippen molar-refractivity contribution >= 4 is 5.91 Å². The summed E-state index contributed by atoms with van der Waals surface area (Å²) in [6.07, 6.45) is 0. The van der Waals surface area contributed by atoms with Gasteiger partial charge < -0.3 is 20.1 Å². The molecule has 0 unspecified atom stereocenters. The van der Waals surface area contributed by atoms with Gasteiger partial charge in [-0.2, -0.15) is 0 Å². The van der Waals surface area contributed by atoms with Crippen LogP contribution < -0.4 is 15.2 Å². The molecule has 2 N–H and O–H groups in total. The average molecular weight is 278 g/mol. The Morgan fingerprint density at radius 2 is 1.95 bits per heavy atom. The van der Waals surface area contributed by atoms with Crippen LogP contribution in [-0.2, 0) is 0 Å². The topological polar surface area (TPSA) is 64.8 Å². The van der Waals surface area contributed by atoms with E-state index in [4.69, 9.17) is 15.2 Å². The second-order valence-electron chi connectivity index (χ2n) is 5.59. The first-order valence-corrected chi connectivity index (χ1v) is 6.72. The third kappa shape index (κ3) is 2.33. The molecule has 1 aromatic carbocycles. The first-order valence-electron chi connectivity index (χ1n) is 6.72.